The van der Waals surface area contributed by atoms with E-state index in [0.717, 1.165) is 24.2 Å². The molecule has 0 spiro atoms. The molecule has 38 heavy (non-hydrogen) atoms. The van der Waals surface area contributed by atoms with Crippen molar-refractivity contribution in [2.45, 2.75) is 58.3 Å². The van der Waals surface area contributed by atoms with E-state index in [4.69, 9.17) is 0 Å². The molecule has 192 valence electrons. The molecular formula is C32H30N2O4. The number of amides is 4. The summed E-state index contributed by atoms with van der Waals surface area (Å²) in [6.45, 7) is 2.56. The highest BCUT2D eigenvalue weighted by Crippen LogP contribution is 2.37. The summed E-state index contributed by atoms with van der Waals surface area (Å²) in [4.78, 5) is 55.6. The fraction of sp³-hybridized carbons (Fsp3) is 0.312. The second-order valence-electron chi connectivity index (χ2n) is 9.86. The SMILES string of the molecule is CCCCCCCCCCN1C(=O)c2ccc3c4c(ccc(c24)C1=O)C(=O)N(C#Cc1ccccc1)C3=O. The Balaban J connectivity index is 1.38. The first-order chi connectivity index (χ1) is 18.5. The maximum Gasteiger partial charge on any atom is 0.273 e. The molecule has 0 atom stereocenters. The summed E-state index contributed by atoms with van der Waals surface area (Å²) in [5.41, 5.74) is 1.91. The standard InChI is InChI=1S/C32H30N2O4/c1-2-3-4-5-6-7-8-12-20-33-29(35)23-15-17-25-28-26(18-16-24(27(23)28)30(33)36)32(38)34(31(25)37)21-19-22-13-10-9-11-14-22/h9-11,13-18H,2-8,12,20H2,1H3. The monoisotopic (exact) mass is 506 g/mol. The van der Waals surface area contributed by atoms with Crippen molar-refractivity contribution >= 4 is 34.4 Å². The normalized spacial score (nSPS) is 14.2. The van der Waals surface area contributed by atoms with Gasteiger partial charge in [-0.05, 0) is 48.7 Å². The average Bonchev–Trinajstić information content (AvgIpc) is 2.94. The lowest BCUT2D eigenvalue weighted by Gasteiger charge is -2.30. The van der Waals surface area contributed by atoms with E-state index < -0.39 is 11.8 Å². The van der Waals surface area contributed by atoms with Crippen LogP contribution in [0.25, 0.3) is 10.8 Å². The molecule has 0 bridgehead atoms. The van der Waals surface area contributed by atoms with Crippen LogP contribution in [0, 0.1) is 12.0 Å². The van der Waals surface area contributed by atoms with Crippen LogP contribution in [0.3, 0.4) is 0 Å². The predicted octanol–water partition coefficient (Wildman–Crippen LogP) is 6.18. The molecule has 0 radical (unpaired) electrons. The van der Waals surface area contributed by atoms with Crippen LogP contribution in [-0.4, -0.2) is 40.0 Å². The van der Waals surface area contributed by atoms with E-state index in [9.17, 15) is 19.2 Å². The third kappa shape index (κ3) is 4.61. The van der Waals surface area contributed by atoms with Gasteiger partial charge in [-0.25, -0.2) is 0 Å². The molecule has 0 unspecified atom stereocenters. The van der Waals surface area contributed by atoms with E-state index in [1.807, 2.05) is 18.2 Å². The number of carbonyl (C=O) groups is 4. The van der Waals surface area contributed by atoms with E-state index in [2.05, 4.69) is 18.9 Å². The molecule has 6 heteroatoms. The van der Waals surface area contributed by atoms with Crippen LogP contribution in [0.4, 0.5) is 0 Å². The third-order valence-corrected chi connectivity index (χ3v) is 7.30. The topological polar surface area (TPSA) is 74.8 Å². The second-order valence-corrected chi connectivity index (χ2v) is 9.86. The number of hydrogen-bond donors (Lipinski definition) is 0. The van der Waals surface area contributed by atoms with Crippen molar-refractivity contribution in [3.05, 3.63) is 82.4 Å². The molecular weight excluding hydrogens is 476 g/mol. The average molecular weight is 507 g/mol. The largest absolute Gasteiger partial charge is 0.274 e. The molecule has 2 aliphatic heterocycles. The van der Waals surface area contributed by atoms with Crippen LogP contribution >= 0.6 is 0 Å². The lowest BCUT2D eigenvalue weighted by molar-refractivity contribution is 0.0602. The second kappa shape index (κ2) is 11.0. The summed E-state index contributed by atoms with van der Waals surface area (Å²) in [5.74, 6) is 0.995. The zero-order valence-corrected chi connectivity index (χ0v) is 21.6. The van der Waals surface area contributed by atoms with Gasteiger partial charge in [0.05, 0.1) is 0 Å². The quantitative estimate of drug-likeness (QED) is 0.197. The van der Waals surface area contributed by atoms with Gasteiger partial charge in [0.15, 0.2) is 0 Å². The highest BCUT2D eigenvalue weighted by atomic mass is 16.2. The Morgan fingerprint density at radius 1 is 0.579 bits per heavy atom. The van der Waals surface area contributed by atoms with Crippen LogP contribution in [0.1, 0.15) is 105 Å². The number of imide groups is 2. The molecule has 6 nitrogen and oxygen atoms in total. The molecule has 0 saturated carbocycles. The van der Waals surface area contributed by atoms with Crippen LogP contribution in [0.5, 0.6) is 0 Å². The summed E-state index contributed by atoms with van der Waals surface area (Å²) >= 11 is 0. The first kappa shape index (κ1) is 25.4. The summed E-state index contributed by atoms with van der Waals surface area (Å²) < 4.78 is 0. The van der Waals surface area contributed by atoms with Crippen LogP contribution in [-0.2, 0) is 0 Å². The van der Waals surface area contributed by atoms with Gasteiger partial charge in [0, 0.05) is 51.2 Å². The Hall–Kier alpha value is -4.24. The number of nitrogens with zero attached hydrogens (tertiary/aromatic N) is 2. The van der Waals surface area contributed by atoms with Crippen molar-refractivity contribution in [2.24, 2.45) is 0 Å². The Bertz CT molecular complexity index is 1430. The Labute approximate surface area is 222 Å². The molecule has 0 saturated heterocycles. The number of rotatable bonds is 9. The van der Waals surface area contributed by atoms with E-state index in [1.54, 1.807) is 36.4 Å². The lowest BCUT2D eigenvalue weighted by atomic mass is 9.86. The highest BCUT2D eigenvalue weighted by Gasteiger charge is 2.39. The summed E-state index contributed by atoms with van der Waals surface area (Å²) in [6.07, 6.45) is 8.95. The minimum atomic E-state index is -0.559. The van der Waals surface area contributed by atoms with Crippen molar-refractivity contribution in [2.75, 3.05) is 6.54 Å². The van der Waals surface area contributed by atoms with E-state index in [1.165, 1.54) is 37.0 Å². The minimum Gasteiger partial charge on any atom is -0.274 e. The van der Waals surface area contributed by atoms with Crippen LogP contribution < -0.4 is 0 Å². The summed E-state index contributed by atoms with van der Waals surface area (Å²) in [5, 5.41) is 0.751. The van der Waals surface area contributed by atoms with Crippen molar-refractivity contribution in [1.82, 2.24) is 9.80 Å². The van der Waals surface area contributed by atoms with E-state index in [0.29, 0.717) is 34.0 Å². The van der Waals surface area contributed by atoms with Gasteiger partial charge in [-0.2, -0.15) is 4.90 Å². The number of benzene rings is 3. The van der Waals surface area contributed by atoms with Crippen molar-refractivity contribution in [3.8, 4) is 12.0 Å². The Kier molecular flexibility index (Phi) is 7.37. The van der Waals surface area contributed by atoms with Gasteiger partial charge in [0.1, 0.15) is 0 Å². The number of unbranched alkanes of at least 4 members (excludes halogenated alkanes) is 7. The fourth-order valence-electron chi connectivity index (χ4n) is 5.27. The number of hydrogen-bond acceptors (Lipinski definition) is 4. The van der Waals surface area contributed by atoms with Crippen molar-refractivity contribution in [1.29, 1.82) is 0 Å². The molecule has 3 aromatic carbocycles. The molecule has 2 heterocycles. The Morgan fingerprint density at radius 2 is 1.05 bits per heavy atom. The summed E-state index contributed by atoms with van der Waals surface area (Å²) in [6, 6.07) is 18.1. The molecule has 0 fully saturated rings. The van der Waals surface area contributed by atoms with Crippen molar-refractivity contribution in [3.63, 3.8) is 0 Å². The maximum atomic E-state index is 13.4. The first-order valence-corrected chi connectivity index (χ1v) is 13.4. The smallest absolute Gasteiger partial charge is 0.273 e. The number of carbonyl (C=O) groups excluding carboxylic acids is 4. The van der Waals surface area contributed by atoms with Gasteiger partial charge in [-0.15, -0.1) is 0 Å². The molecule has 0 aromatic heterocycles. The van der Waals surface area contributed by atoms with E-state index in [-0.39, 0.29) is 22.9 Å². The minimum absolute atomic E-state index is 0.264. The molecule has 3 aromatic rings. The lowest BCUT2D eigenvalue weighted by Crippen LogP contribution is -2.42. The fourth-order valence-corrected chi connectivity index (χ4v) is 5.27. The van der Waals surface area contributed by atoms with Gasteiger partial charge < -0.3 is 0 Å². The van der Waals surface area contributed by atoms with Crippen LogP contribution in [0.15, 0.2) is 54.6 Å². The van der Waals surface area contributed by atoms with Gasteiger partial charge in [-0.1, -0.05) is 70.1 Å². The zero-order valence-electron chi connectivity index (χ0n) is 21.6. The van der Waals surface area contributed by atoms with Crippen molar-refractivity contribution < 1.29 is 19.2 Å². The zero-order chi connectivity index (χ0) is 26.6. The molecule has 4 amide bonds. The first-order valence-electron chi connectivity index (χ1n) is 13.4. The van der Waals surface area contributed by atoms with Crippen LogP contribution in [0.2, 0.25) is 0 Å². The van der Waals surface area contributed by atoms with Gasteiger partial charge in [0.25, 0.3) is 23.6 Å². The molecule has 0 N–H and O–H groups in total. The summed E-state index contributed by atoms with van der Waals surface area (Å²) in [7, 11) is 0. The van der Waals surface area contributed by atoms with Gasteiger partial charge >= 0.3 is 0 Å². The van der Waals surface area contributed by atoms with Gasteiger partial charge in [0.2, 0.25) is 0 Å². The molecule has 0 aliphatic carbocycles. The van der Waals surface area contributed by atoms with E-state index >= 15 is 0 Å². The molecule has 2 aliphatic rings. The predicted molar refractivity (Wildman–Crippen MR) is 146 cm³/mol. The maximum absolute atomic E-state index is 13.4. The third-order valence-electron chi connectivity index (χ3n) is 7.30. The Morgan fingerprint density at radius 3 is 1.58 bits per heavy atom. The molecule has 5 rings (SSSR count). The van der Waals surface area contributed by atoms with Gasteiger partial charge in [-0.3, -0.25) is 24.1 Å². The highest BCUT2D eigenvalue weighted by molar-refractivity contribution is 6.33.